The number of ether oxygens (including phenoxy) is 1. The number of likely N-dealkylation sites (tertiary alicyclic amines) is 1. The Kier molecular flexibility index (Phi) is 5.11. The van der Waals surface area contributed by atoms with Crippen LogP contribution in [0.4, 0.5) is 0 Å². The Morgan fingerprint density at radius 2 is 1.52 bits per heavy atom. The van der Waals surface area contributed by atoms with Crippen LogP contribution in [0.2, 0.25) is 0 Å². The summed E-state index contributed by atoms with van der Waals surface area (Å²) in [5.74, 6) is -0.246. The molecule has 2 aliphatic heterocycles. The smallest absolute Gasteiger partial charge is 0.254 e. The molecule has 2 aromatic heterocycles. The number of carbonyl (C=O) groups is 2. The van der Waals surface area contributed by atoms with Crippen LogP contribution in [0.25, 0.3) is 0 Å². The third-order valence-electron chi connectivity index (χ3n) is 5.31. The van der Waals surface area contributed by atoms with Gasteiger partial charge in [0.2, 0.25) is 5.91 Å². The average molecular weight is 366 g/mol. The summed E-state index contributed by atoms with van der Waals surface area (Å²) in [7, 11) is 0. The Balaban J connectivity index is 1.59. The number of pyridine rings is 2. The molecule has 2 saturated heterocycles. The van der Waals surface area contributed by atoms with E-state index in [0.717, 1.165) is 5.56 Å². The Morgan fingerprint density at radius 1 is 0.889 bits per heavy atom. The molecule has 140 valence electrons. The minimum absolute atomic E-state index is 0.0332. The summed E-state index contributed by atoms with van der Waals surface area (Å²) >= 11 is 0. The molecular formula is C20H22N4O3. The Bertz CT molecular complexity index is 793. The number of nitrogens with zero attached hydrogens (tertiary/aromatic N) is 4. The fourth-order valence-electron chi connectivity index (χ4n) is 3.86. The van der Waals surface area contributed by atoms with Crippen LogP contribution < -0.4 is 0 Å². The highest BCUT2D eigenvalue weighted by molar-refractivity contribution is 5.95. The molecule has 2 fully saturated rings. The largest absolute Gasteiger partial charge is 0.378 e. The van der Waals surface area contributed by atoms with Crippen LogP contribution in [-0.2, 0) is 9.53 Å². The van der Waals surface area contributed by atoms with Crippen LogP contribution in [0.1, 0.15) is 21.8 Å². The van der Waals surface area contributed by atoms with Gasteiger partial charge in [-0.05, 0) is 29.8 Å². The molecule has 0 aliphatic carbocycles. The van der Waals surface area contributed by atoms with Gasteiger partial charge in [0, 0.05) is 62.4 Å². The van der Waals surface area contributed by atoms with E-state index in [2.05, 4.69) is 9.97 Å². The Morgan fingerprint density at radius 3 is 2.19 bits per heavy atom. The fourth-order valence-corrected chi connectivity index (χ4v) is 3.86. The molecule has 7 heteroatoms. The van der Waals surface area contributed by atoms with Gasteiger partial charge >= 0.3 is 0 Å². The van der Waals surface area contributed by atoms with Crippen molar-refractivity contribution in [1.29, 1.82) is 0 Å². The van der Waals surface area contributed by atoms with Gasteiger partial charge in [-0.25, -0.2) is 0 Å². The van der Waals surface area contributed by atoms with E-state index in [4.69, 9.17) is 4.74 Å². The molecule has 2 aromatic rings. The van der Waals surface area contributed by atoms with Gasteiger partial charge in [0.25, 0.3) is 5.91 Å². The molecule has 27 heavy (non-hydrogen) atoms. The van der Waals surface area contributed by atoms with E-state index in [9.17, 15) is 9.59 Å². The van der Waals surface area contributed by atoms with Crippen LogP contribution in [0.15, 0.2) is 49.1 Å². The third-order valence-corrected chi connectivity index (χ3v) is 5.31. The third kappa shape index (κ3) is 3.68. The standard InChI is InChI=1S/C20H22N4O3/c25-19(16-3-7-22-8-4-16)24-13-17(15-1-5-21-6-2-15)18(14-24)20(26)23-9-11-27-12-10-23/h1-8,17-18H,9-14H2/t17-,18+/m0/s1. The predicted octanol–water partition coefficient (Wildman–Crippen LogP) is 1.19. The van der Waals surface area contributed by atoms with E-state index in [1.165, 1.54) is 0 Å². The van der Waals surface area contributed by atoms with E-state index in [-0.39, 0.29) is 23.7 Å². The van der Waals surface area contributed by atoms with Gasteiger partial charge in [-0.2, -0.15) is 0 Å². The van der Waals surface area contributed by atoms with E-state index in [0.29, 0.717) is 45.0 Å². The van der Waals surface area contributed by atoms with Crippen LogP contribution in [0.3, 0.4) is 0 Å². The first-order valence-electron chi connectivity index (χ1n) is 9.20. The number of hydrogen-bond acceptors (Lipinski definition) is 5. The summed E-state index contributed by atoms with van der Waals surface area (Å²) in [4.78, 5) is 37.8. The van der Waals surface area contributed by atoms with Gasteiger partial charge in [-0.1, -0.05) is 0 Å². The minimum atomic E-state index is -0.253. The maximum atomic E-state index is 13.2. The lowest BCUT2D eigenvalue weighted by Crippen LogP contribution is -2.45. The van der Waals surface area contributed by atoms with Crippen molar-refractivity contribution in [1.82, 2.24) is 19.8 Å². The Hall–Kier alpha value is -2.80. The molecule has 7 nitrogen and oxygen atoms in total. The number of carbonyl (C=O) groups excluding carboxylic acids is 2. The number of morpholine rings is 1. The van der Waals surface area contributed by atoms with Crippen molar-refractivity contribution in [3.8, 4) is 0 Å². The first-order valence-corrected chi connectivity index (χ1v) is 9.20. The highest BCUT2D eigenvalue weighted by atomic mass is 16.5. The maximum absolute atomic E-state index is 13.2. The van der Waals surface area contributed by atoms with Crippen molar-refractivity contribution in [2.24, 2.45) is 5.92 Å². The number of hydrogen-bond donors (Lipinski definition) is 0. The van der Waals surface area contributed by atoms with Gasteiger partial charge in [0.05, 0.1) is 19.1 Å². The van der Waals surface area contributed by atoms with Crippen LogP contribution in [0, 0.1) is 5.92 Å². The number of rotatable bonds is 3. The van der Waals surface area contributed by atoms with Gasteiger partial charge < -0.3 is 14.5 Å². The molecule has 0 saturated carbocycles. The normalized spacial score (nSPS) is 22.7. The number of aromatic nitrogens is 2. The summed E-state index contributed by atoms with van der Waals surface area (Å²) in [5, 5.41) is 0. The summed E-state index contributed by atoms with van der Waals surface area (Å²) in [6, 6.07) is 7.29. The van der Waals surface area contributed by atoms with Crippen molar-refractivity contribution in [2.75, 3.05) is 39.4 Å². The second-order valence-electron chi connectivity index (χ2n) is 6.88. The van der Waals surface area contributed by atoms with Gasteiger partial charge in [-0.3, -0.25) is 19.6 Å². The molecule has 4 rings (SSSR count). The number of amides is 2. The molecule has 0 aromatic carbocycles. The zero-order chi connectivity index (χ0) is 18.6. The topological polar surface area (TPSA) is 75.6 Å². The van der Waals surface area contributed by atoms with Crippen molar-refractivity contribution in [3.63, 3.8) is 0 Å². The quantitative estimate of drug-likeness (QED) is 0.816. The maximum Gasteiger partial charge on any atom is 0.254 e. The molecule has 2 amide bonds. The lowest BCUT2D eigenvalue weighted by Gasteiger charge is -2.30. The van der Waals surface area contributed by atoms with Crippen molar-refractivity contribution >= 4 is 11.8 Å². The van der Waals surface area contributed by atoms with Gasteiger partial charge in [0.1, 0.15) is 0 Å². The molecule has 0 N–H and O–H groups in total. The van der Waals surface area contributed by atoms with Crippen molar-refractivity contribution in [2.45, 2.75) is 5.92 Å². The molecule has 0 radical (unpaired) electrons. The first kappa shape index (κ1) is 17.6. The van der Waals surface area contributed by atoms with E-state index in [1.54, 1.807) is 41.8 Å². The van der Waals surface area contributed by atoms with Crippen molar-refractivity contribution in [3.05, 3.63) is 60.2 Å². The zero-order valence-electron chi connectivity index (χ0n) is 15.0. The lowest BCUT2D eigenvalue weighted by atomic mass is 9.88. The van der Waals surface area contributed by atoms with Gasteiger partial charge in [0.15, 0.2) is 0 Å². The predicted molar refractivity (Wildman–Crippen MR) is 98.0 cm³/mol. The first-order chi connectivity index (χ1) is 13.2. The monoisotopic (exact) mass is 366 g/mol. The van der Waals surface area contributed by atoms with E-state index in [1.807, 2.05) is 17.0 Å². The molecule has 0 unspecified atom stereocenters. The second kappa shape index (κ2) is 7.84. The average Bonchev–Trinajstić information content (AvgIpc) is 3.20. The van der Waals surface area contributed by atoms with Gasteiger partial charge in [-0.15, -0.1) is 0 Å². The molecule has 2 aliphatic rings. The summed E-state index contributed by atoms with van der Waals surface area (Å²) in [6.45, 7) is 3.29. The summed E-state index contributed by atoms with van der Waals surface area (Å²) < 4.78 is 5.37. The SMILES string of the molecule is O=C(c1ccncc1)N1C[C@@H](C(=O)N2CCOCC2)[C@H](c2ccncc2)C1. The van der Waals surface area contributed by atoms with E-state index >= 15 is 0 Å². The summed E-state index contributed by atoms with van der Waals surface area (Å²) in [5.41, 5.74) is 1.64. The highest BCUT2D eigenvalue weighted by Crippen LogP contribution is 2.34. The van der Waals surface area contributed by atoms with E-state index < -0.39 is 0 Å². The Labute approximate surface area is 158 Å². The second-order valence-corrected chi connectivity index (χ2v) is 6.88. The van der Waals surface area contributed by atoms with Crippen LogP contribution in [0.5, 0.6) is 0 Å². The lowest BCUT2D eigenvalue weighted by molar-refractivity contribution is -0.139. The minimum Gasteiger partial charge on any atom is -0.378 e. The highest BCUT2D eigenvalue weighted by Gasteiger charge is 2.42. The van der Waals surface area contributed by atoms with Crippen molar-refractivity contribution < 1.29 is 14.3 Å². The molecule has 0 bridgehead atoms. The molecule has 0 spiro atoms. The zero-order valence-corrected chi connectivity index (χ0v) is 15.0. The summed E-state index contributed by atoms with van der Waals surface area (Å²) in [6.07, 6.45) is 6.69. The fraction of sp³-hybridized carbons (Fsp3) is 0.400. The molecule has 4 heterocycles. The van der Waals surface area contributed by atoms with Crippen LogP contribution in [-0.4, -0.2) is 71.0 Å². The molecule has 2 atom stereocenters. The van der Waals surface area contributed by atoms with Crippen LogP contribution >= 0.6 is 0 Å². The molecular weight excluding hydrogens is 344 g/mol.